The van der Waals surface area contributed by atoms with Crippen LogP contribution in [0, 0.1) is 0 Å². The van der Waals surface area contributed by atoms with Crippen LogP contribution in [0.1, 0.15) is 6.42 Å². The van der Waals surface area contributed by atoms with Gasteiger partial charge in [0.1, 0.15) is 6.04 Å². The van der Waals surface area contributed by atoms with Gasteiger partial charge in [-0.2, -0.15) is 0 Å². The van der Waals surface area contributed by atoms with Gasteiger partial charge < -0.3 is 25.7 Å². The lowest BCUT2D eigenvalue weighted by molar-refractivity contribution is -0.123. The largest absolute Gasteiger partial charge is 0.394 e. The molecule has 0 aromatic rings. The second-order valence-electron chi connectivity index (χ2n) is 2.68. The van der Waals surface area contributed by atoms with Crippen LogP contribution in [0.2, 0.25) is 0 Å². The zero-order valence-electron chi connectivity index (χ0n) is 7.88. The van der Waals surface area contributed by atoms with Crippen molar-refractivity contribution in [2.24, 2.45) is 0 Å². The lowest BCUT2D eigenvalue weighted by Crippen LogP contribution is -2.32. The Balaban J connectivity index is 0.000000423. The van der Waals surface area contributed by atoms with Gasteiger partial charge in [-0.15, -0.1) is 0 Å². The molecule has 1 saturated heterocycles. The Hall–Kier alpha value is -1.22. The van der Waals surface area contributed by atoms with Crippen molar-refractivity contribution in [3.63, 3.8) is 0 Å². The van der Waals surface area contributed by atoms with Crippen molar-refractivity contribution in [3.05, 3.63) is 0 Å². The fourth-order valence-electron chi connectivity index (χ4n) is 0.836. The number of hydrogen-bond donors (Lipinski definition) is 6. The number of urea groups is 1. The quantitative estimate of drug-likeness (QED) is 0.220. The molecule has 0 aromatic carbocycles. The van der Waals surface area contributed by atoms with E-state index in [0.29, 0.717) is 0 Å². The number of nitrogens with one attached hydrogen (secondary N) is 2. The van der Waals surface area contributed by atoms with Crippen molar-refractivity contribution in [3.8, 4) is 0 Å². The number of amides is 3. The van der Waals surface area contributed by atoms with E-state index in [-0.39, 0.29) is 19.6 Å². The van der Waals surface area contributed by atoms with Crippen LogP contribution >= 0.6 is 0 Å². The van der Waals surface area contributed by atoms with Gasteiger partial charge in [0.15, 0.2) is 6.29 Å². The number of aliphatic hydroxyl groups excluding tert-OH is 3. The maximum Gasteiger partial charge on any atom is 0.322 e. The number of imide groups is 1. The molecule has 0 radical (unpaired) electrons. The molecule has 6 N–H and O–H groups in total. The molecular weight excluding hydrogens is 208 g/mol. The summed E-state index contributed by atoms with van der Waals surface area (Å²) in [5.74, 6) is -0.525. The van der Waals surface area contributed by atoms with Gasteiger partial charge in [0.05, 0.1) is 13.2 Å². The first-order chi connectivity index (χ1) is 7.01. The van der Waals surface area contributed by atoms with Gasteiger partial charge in [-0.25, -0.2) is 4.79 Å². The SMILES string of the molecule is O=C1NC(=O)C(CC(O)O)N1.OCCO. The molecule has 1 heterocycles. The van der Waals surface area contributed by atoms with Crippen LogP contribution in [-0.2, 0) is 4.79 Å². The molecule has 8 nitrogen and oxygen atoms in total. The van der Waals surface area contributed by atoms with E-state index >= 15 is 0 Å². The van der Waals surface area contributed by atoms with Crippen LogP contribution in [0.4, 0.5) is 4.79 Å². The molecule has 1 fully saturated rings. The van der Waals surface area contributed by atoms with Crippen LogP contribution in [0.3, 0.4) is 0 Å². The number of rotatable bonds is 3. The first-order valence-electron chi connectivity index (χ1n) is 4.20. The van der Waals surface area contributed by atoms with Gasteiger partial charge in [0, 0.05) is 6.42 Å². The Bertz CT molecular complexity index is 218. The first kappa shape index (κ1) is 13.8. The molecule has 88 valence electrons. The van der Waals surface area contributed by atoms with E-state index in [1.54, 1.807) is 0 Å². The summed E-state index contributed by atoms with van der Waals surface area (Å²) in [6.07, 6.45) is -1.76. The molecule has 8 heteroatoms. The fraction of sp³-hybridized carbons (Fsp3) is 0.714. The standard InChI is InChI=1S/C5H8N2O4.C2H6O2/c8-3(9)1-2-4(10)7-5(11)6-2;3-1-2-4/h2-3,8-9H,1H2,(H2,6,7,10,11);3-4H,1-2H2. The van der Waals surface area contributed by atoms with Crippen LogP contribution in [0.5, 0.6) is 0 Å². The van der Waals surface area contributed by atoms with Gasteiger partial charge in [0.25, 0.3) is 5.91 Å². The third-order valence-corrected chi connectivity index (χ3v) is 1.41. The third kappa shape index (κ3) is 5.96. The van der Waals surface area contributed by atoms with E-state index in [2.05, 4.69) is 5.32 Å². The summed E-state index contributed by atoms with van der Waals surface area (Å²) >= 11 is 0. The Morgan fingerprint density at radius 1 is 1.20 bits per heavy atom. The number of carbonyl (C=O) groups excluding carboxylic acids is 2. The lowest BCUT2D eigenvalue weighted by atomic mass is 10.2. The molecule has 0 spiro atoms. The summed E-state index contributed by atoms with van der Waals surface area (Å²) in [6.45, 7) is -0.250. The summed E-state index contributed by atoms with van der Waals surface area (Å²) in [5, 5.41) is 36.3. The zero-order valence-corrected chi connectivity index (χ0v) is 7.88. The monoisotopic (exact) mass is 222 g/mol. The van der Waals surface area contributed by atoms with Crippen molar-refractivity contribution in [1.29, 1.82) is 0 Å². The van der Waals surface area contributed by atoms with E-state index in [4.69, 9.17) is 20.4 Å². The van der Waals surface area contributed by atoms with Gasteiger partial charge in [-0.1, -0.05) is 0 Å². The van der Waals surface area contributed by atoms with Crippen LogP contribution in [-0.4, -0.2) is 57.9 Å². The van der Waals surface area contributed by atoms with Crippen LogP contribution in [0.25, 0.3) is 0 Å². The van der Waals surface area contributed by atoms with Crippen molar-refractivity contribution in [1.82, 2.24) is 10.6 Å². The minimum atomic E-state index is -1.58. The third-order valence-electron chi connectivity index (χ3n) is 1.41. The Labute approximate surface area is 85.5 Å². The van der Waals surface area contributed by atoms with E-state index in [9.17, 15) is 9.59 Å². The molecule has 0 aromatic heterocycles. The zero-order chi connectivity index (χ0) is 11.8. The van der Waals surface area contributed by atoms with E-state index in [0.717, 1.165) is 0 Å². The normalized spacial score (nSPS) is 19.4. The topological polar surface area (TPSA) is 139 Å². The Morgan fingerprint density at radius 2 is 1.73 bits per heavy atom. The minimum absolute atomic E-state index is 0.125. The highest BCUT2D eigenvalue weighted by Crippen LogP contribution is 2.00. The summed E-state index contributed by atoms with van der Waals surface area (Å²) < 4.78 is 0. The van der Waals surface area contributed by atoms with Gasteiger partial charge in [-0.05, 0) is 0 Å². The second-order valence-corrected chi connectivity index (χ2v) is 2.68. The highest BCUT2D eigenvalue weighted by molar-refractivity contribution is 6.04. The molecule has 1 rings (SSSR count). The second kappa shape index (κ2) is 7.12. The fourth-order valence-corrected chi connectivity index (χ4v) is 0.836. The predicted molar refractivity (Wildman–Crippen MR) is 47.5 cm³/mol. The number of carbonyl (C=O) groups is 2. The molecule has 1 aliphatic heterocycles. The van der Waals surface area contributed by atoms with Crippen molar-refractivity contribution in [2.75, 3.05) is 13.2 Å². The van der Waals surface area contributed by atoms with Crippen LogP contribution < -0.4 is 10.6 Å². The number of aliphatic hydroxyl groups is 4. The first-order valence-corrected chi connectivity index (χ1v) is 4.20. The van der Waals surface area contributed by atoms with Crippen molar-refractivity contribution in [2.45, 2.75) is 18.8 Å². The molecule has 0 aliphatic carbocycles. The summed E-state index contributed by atoms with van der Waals surface area (Å²) in [4.78, 5) is 21.1. The Kier molecular flexibility index (Phi) is 6.54. The van der Waals surface area contributed by atoms with E-state index < -0.39 is 24.3 Å². The van der Waals surface area contributed by atoms with Gasteiger partial charge in [0.2, 0.25) is 0 Å². The summed E-state index contributed by atoms with van der Waals surface area (Å²) in [5.41, 5.74) is 0. The summed E-state index contributed by atoms with van der Waals surface area (Å²) in [7, 11) is 0. The molecule has 15 heavy (non-hydrogen) atoms. The molecule has 1 unspecified atom stereocenters. The molecule has 0 bridgehead atoms. The summed E-state index contributed by atoms with van der Waals surface area (Å²) in [6, 6.07) is -1.41. The Morgan fingerprint density at radius 3 is 2.00 bits per heavy atom. The molecular formula is C7H14N2O6. The van der Waals surface area contributed by atoms with Gasteiger partial charge in [-0.3, -0.25) is 10.1 Å². The van der Waals surface area contributed by atoms with Crippen LogP contribution in [0.15, 0.2) is 0 Å². The van der Waals surface area contributed by atoms with E-state index in [1.165, 1.54) is 0 Å². The maximum absolute atomic E-state index is 10.7. The molecule has 0 saturated carbocycles. The van der Waals surface area contributed by atoms with Crippen molar-refractivity contribution < 1.29 is 30.0 Å². The minimum Gasteiger partial charge on any atom is -0.394 e. The average Bonchev–Trinajstić information content (AvgIpc) is 2.45. The van der Waals surface area contributed by atoms with E-state index in [1.807, 2.05) is 5.32 Å². The molecule has 1 aliphatic rings. The van der Waals surface area contributed by atoms with Crippen molar-refractivity contribution >= 4 is 11.9 Å². The number of hydrogen-bond acceptors (Lipinski definition) is 6. The predicted octanol–water partition coefficient (Wildman–Crippen LogP) is -3.13. The highest BCUT2D eigenvalue weighted by Gasteiger charge is 2.30. The maximum atomic E-state index is 10.7. The molecule has 1 atom stereocenters. The molecule has 3 amide bonds. The lowest BCUT2D eigenvalue weighted by Gasteiger charge is -2.07. The smallest absolute Gasteiger partial charge is 0.322 e. The van der Waals surface area contributed by atoms with Gasteiger partial charge >= 0.3 is 6.03 Å². The average molecular weight is 222 g/mol. The highest BCUT2D eigenvalue weighted by atomic mass is 16.5.